The van der Waals surface area contributed by atoms with E-state index in [0.29, 0.717) is 0 Å². The van der Waals surface area contributed by atoms with Crippen LogP contribution in [-0.2, 0) is 9.84 Å². The normalized spacial score (nSPS) is 13.7. The summed E-state index contributed by atoms with van der Waals surface area (Å²) in [7, 11) is -1.19. The molecule has 1 atom stereocenters. The molecule has 0 aromatic heterocycles. The van der Waals surface area contributed by atoms with Crippen molar-refractivity contribution in [3.05, 3.63) is 33.9 Å². The smallest absolute Gasteiger partial charge is 0.149 e. The lowest BCUT2D eigenvalue weighted by Crippen LogP contribution is -2.26. The molecule has 1 aromatic rings. The van der Waals surface area contributed by atoms with E-state index in [4.69, 9.17) is 0 Å². The van der Waals surface area contributed by atoms with Crippen molar-refractivity contribution >= 4 is 9.84 Å². The molecule has 0 saturated carbocycles. The van der Waals surface area contributed by atoms with E-state index in [-0.39, 0.29) is 11.8 Å². The van der Waals surface area contributed by atoms with Crippen LogP contribution >= 0.6 is 0 Å². The second-order valence-corrected chi connectivity index (χ2v) is 7.29. The highest BCUT2D eigenvalue weighted by molar-refractivity contribution is 7.90. The summed E-state index contributed by atoms with van der Waals surface area (Å²) in [5.41, 5.74) is 5.91. The minimum absolute atomic E-state index is 0.133. The third-order valence-corrected chi connectivity index (χ3v) is 4.53. The van der Waals surface area contributed by atoms with Crippen LogP contribution in [0.4, 0.5) is 0 Å². The number of aryl methyl sites for hydroxylation is 2. The summed E-state index contributed by atoms with van der Waals surface area (Å²) in [6.45, 7) is 8.25. The molecular formula is C14H23NO2S. The maximum absolute atomic E-state index is 11.5. The Morgan fingerprint density at radius 3 is 1.89 bits per heavy atom. The number of nitrogens with one attached hydrogen (secondary N) is 1. The molecule has 3 nitrogen and oxygen atoms in total. The van der Waals surface area contributed by atoms with Gasteiger partial charge in [-0.05, 0) is 62.6 Å². The molecule has 0 aliphatic carbocycles. The Labute approximate surface area is 111 Å². The Balaban J connectivity index is 3.38. The maximum Gasteiger partial charge on any atom is 0.149 e. The number of rotatable bonds is 4. The van der Waals surface area contributed by atoms with Crippen molar-refractivity contribution < 1.29 is 8.42 Å². The standard InChI is InChI=1S/C14H23NO2S/c1-9-7-10(2)12(4)14(11(9)3)13(15-5)8-18(6,16)17/h7,13,15H,8H2,1-6H3. The summed E-state index contributed by atoms with van der Waals surface area (Å²) in [6, 6.07) is 2.01. The van der Waals surface area contributed by atoms with Gasteiger partial charge >= 0.3 is 0 Å². The van der Waals surface area contributed by atoms with E-state index in [1.165, 1.54) is 28.5 Å². The zero-order valence-corrected chi connectivity index (χ0v) is 12.9. The SMILES string of the molecule is CNC(CS(C)(=O)=O)c1c(C)c(C)cc(C)c1C. The first-order valence-electron chi connectivity index (χ1n) is 6.09. The van der Waals surface area contributed by atoms with Crippen molar-refractivity contribution in [2.75, 3.05) is 19.1 Å². The van der Waals surface area contributed by atoms with E-state index in [0.717, 1.165) is 5.56 Å². The molecule has 1 unspecified atom stereocenters. The molecule has 102 valence electrons. The van der Waals surface area contributed by atoms with Crippen LogP contribution in [0.25, 0.3) is 0 Å². The van der Waals surface area contributed by atoms with Gasteiger partial charge < -0.3 is 5.32 Å². The van der Waals surface area contributed by atoms with Crippen molar-refractivity contribution in [2.24, 2.45) is 0 Å². The van der Waals surface area contributed by atoms with Gasteiger partial charge in [0.25, 0.3) is 0 Å². The second kappa shape index (κ2) is 5.41. The minimum atomic E-state index is -3.01. The van der Waals surface area contributed by atoms with E-state index in [1.807, 2.05) is 7.05 Å². The molecule has 1 rings (SSSR count). The molecule has 0 amide bonds. The van der Waals surface area contributed by atoms with E-state index in [9.17, 15) is 8.42 Å². The zero-order chi connectivity index (χ0) is 14.1. The zero-order valence-electron chi connectivity index (χ0n) is 12.1. The van der Waals surface area contributed by atoms with Crippen molar-refractivity contribution in [1.29, 1.82) is 0 Å². The lowest BCUT2D eigenvalue weighted by atomic mass is 9.90. The van der Waals surface area contributed by atoms with Gasteiger partial charge in [-0.3, -0.25) is 0 Å². The number of hydrogen-bond acceptors (Lipinski definition) is 3. The monoisotopic (exact) mass is 269 g/mol. The Bertz CT molecular complexity index is 521. The lowest BCUT2D eigenvalue weighted by Gasteiger charge is -2.23. The fourth-order valence-electron chi connectivity index (χ4n) is 2.38. The van der Waals surface area contributed by atoms with Crippen molar-refractivity contribution in [3.8, 4) is 0 Å². The highest BCUT2D eigenvalue weighted by atomic mass is 32.2. The predicted octanol–water partition coefficient (Wildman–Crippen LogP) is 2.23. The topological polar surface area (TPSA) is 46.2 Å². The van der Waals surface area contributed by atoms with Gasteiger partial charge in [0.2, 0.25) is 0 Å². The summed E-state index contributed by atoms with van der Waals surface area (Å²) in [5, 5.41) is 3.13. The van der Waals surface area contributed by atoms with Crippen molar-refractivity contribution in [1.82, 2.24) is 5.32 Å². The Morgan fingerprint density at radius 1 is 1.11 bits per heavy atom. The summed E-state index contributed by atoms with van der Waals surface area (Å²) in [4.78, 5) is 0. The summed E-state index contributed by atoms with van der Waals surface area (Å²) < 4.78 is 23.1. The van der Waals surface area contributed by atoms with Gasteiger partial charge in [0.1, 0.15) is 9.84 Å². The van der Waals surface area contributed by atoms with Crippen LogP contribution in [0.1, 0.15) is 33.9 Å². The van der Waals surface area contributed by atoms with Crippen LogP contribution < -0.4 is 5.32 Å². The largest absolute Gasteiger partial charge is 0.312 e. The van der Waals surface area contributed by atoms with Gasteiger partial charge in [-0.25, -0.2) is 8.42 Å². The van der Waals surface area contributed by atoms with Crippen LogP contribution in [0.5, 0.6) is 0 Å². The van der Waals surface area contributed by atoms with Gasteiger partial charge in [-0.15, -0.1) is 0 Å². The molecule has 0 aliphatic rings. The number of sulfone groups is 1. The van der Waals surface area contributed by atoms with Crippen LogP contribution in [0.2, 0.25) is 0 Å². The Morgan fingerprint density at radius 2 is 1.56 bits per heavy atom. The van der Waals surface area contributed by atoms with Crippen molar-refractivity contribution in [3.63, 3.8) is 0 Å². The molecule has 0 bridgehead atoms. The third-order valence-electron chi connectivity index (χ3n) is 3.59. The average Bonchev–Trinajstić information content (AvgIpc) is 2.23. The number of benzene rings is 1. The molecule has 1 N–H and O–H groups in total. The first kappa shape index (κ1) is 15.2. The maximum atomic E-state index is 11.5. The van der Waals surface area contributed by atoms with E-state index >= 15 is 0 Å². The van der Waals surface area contributed by atoms with E-state index < -0.39 is 9.84 Å². The van der Waals surface area contributed by atoms with Gasteiger partial charge in [-0.1, -0.05) is 6.07 Å². The molecule has 0 saturated heterocycles. The summed E-state index contributed by atoms with van der Waals surface area (Å²) in [6.07, 6.45) is 1.28. The summed E-state index contributed by atoms with van der Waals surface area (Å²) >= 11 is 0. The molecule has 0 heterocycles. The molecular weight excluding hydrogens is 246 g/mol. The second-order valence-electron chi connectivity index (χ2n) is 5.11. The molecule has 1 aromatic carbocycles. The van der Waals surface area contributed by atoms with Gasteiger partial charge in [-0.2, -0.15) is 0 Å². The van der Waals surface area contributed by atoms with Gasteiger partial charge in [0.05, 0.1) is 5.75 Å². The van der Waals surface area contributed by atoms with Crippen LogP contribution in [0.15, 0.2) is 6.07 Å². The van der Waals surface area contributed by atoms with Crippen LogP contribution in [0.3, 0.4) is 0 Å². The van der Waals surface area contributed by atoms with Gasteiger partial charge in [0, 0.05) is 12.3 Å². The number of hydrogen-bond donors (Lipinski definition) is 1. The molecule has 0 radical (unpaired) electrons. The predicted molar refractivity (Wildman–Crippen MR) is 76.9 cm³/mol. The summed E-state index contributed by atoms with van der Waals surface area (Å²) in [5.74, 6) is 0.133. The Kier molecular flexibility index (Phi) is 4.56. The van der Waals surface area contributed by atoms with E-state index in [1.54, 1.807) is 0 Å². The highest BCUT2D eigenvalue weighted by Crippen LogP contribution is 2.28. The van der Waals surface area contributed by atoms with Crippen LogP contribution in [0, 0.1) is 27.7 Å². The molecule has 0 fully saturated rings. The first-order valence-corrected chi connectivity index (χ1v) is 8.15. The molecule has 18 heavy (non-hydrogen) atoms. The average molecular weight is 269 g/mol. The van der Waals surface area contributed by atoms with E-state index in [2.05, 4.69) is 39.1 Å². The van der Waals surface area contributed by atoms with Crippen molar-refractivity contribution in [2.45, 2.75) is 33.7 Å². The quantitative estimate of drug-likeness (QED) is 0.911. The fraction of sp³-hybridized carbons (Fsp3) is 0.571. The Hall–Kier alpha value is -0.870. The highest BCUT2D eigenvalue weighted by Gasteiger charge is 2.21. The van der Waals surface area contributed by atoms with Crippen LogP contribution in [-0.4, -0.2) is 27.5 Å². The third kappa shape index (κ3) is 3.33. The molecule has 0 spiro atoms. The lowest BCUT2D eigenvalue weighted by molar-refractivity contribution is 0.577. The minimum Gasteiger partial charge on any atom is -0.312 e. The fourth-order valence-corrected chi connectivity index (χ4v) is 3.32. The molecule has 0 aliphatic heterocycles. The first-order chi connectivity index (χ1) is 8.17. The van der Waals surface area contributed by atoms with Gasteiger partial charge in [0.15, 0.2) is 0 Å². The molecule has 4 heteroatoms.